The highest BCUT2D eigenvalue weighted by molar-refractivity contribution is 8.00. The Labute approximate surface area is 176 Å². The Bertz CT molecular complexity index is 877. The molecular weight excluding hydrogens is 384 g/mol. The van der Waals surface area contributed by atoms with E-state index in [0.29, 0.717) is 36.7 Å². The molecule has 1 aliphatic rings. The third-order valence-electron chi connectivity index (χ3n) is 4.66. The van der Waals surface area contributed by atoms with Gasteiger partial charge in [0.2, 0.25) is 11.8 Å². The molecule has 0 spiro atoms. The molecule has 5 nitrogen and oxygen atoms in total. The topological polar surface area (TPSA) is 58.6 Å². The Morgan fingerprint density at radius 1 is 1.17 bits per heavy atom. The smallest absolute Gasteiger partial charge is 0.237 e. The Morgan fingerprint density at radius 2 is 1.90 bits per heavy atom. The molecule has 0 aromatic heterocycles. The van der Waals surface area contributed by atoms with Crippen LogP contribution in [-0.2, 0) is 9.59 Å². The van der Waals surface area contributed by atoms with E-state index in [2.05, 4.69) is 5.32 Å². The SMILES string of the molecule is CCC(Sc1ccccc1)C(=O)Nc1ccc2c(c1)N(C(=O)C(C)(C)C)CCO2. The fourth-order valence-electron chi connectivity index (χ4n) is 3.12. The van der Waals surface area contributed by atoms with Gasteiger partial charge in [-0.25, -0.2) is 0 Å². The van der Waals surface area contributed by atoms with Gasteiger partial charge in [-0.3, -0.25) is 9.59 Å². The van der Waals surface area contributed by atoms with Crippen molar-refractivity contribution in [2.24, 2.45) is 5.41 Å². The molecule has 1 aliphatic heterocycles. The van der Waals surface area contributed by atoms with Crippen molar-refractivity contribution in [1.29, 1.82) is 0 Å². The summed E-state index contributed by atoms with van der Waals surface area (Å²) in [7, 11) is 0. The number of nitrogens with zero attached hydrogens (tertiary/aromatic N) is 1. The van der Waals surface area contributed by atoms with Gasteiger partial charge in [-0.15, -0.1) is 11.8 Å². The van der Waals surface area contributed by atoms with Crippen molar-refractivity contribution in [2.75, 3.05) is 23.4 Å². The summed E-state index contributed by atoms with van der Waals surface area (Å²) >= 11 is 1.55. The van der Waals surface area contributed by atoms with Gasteiger partial charge in [-0.1, -0.05) is 45.9 Å². The van der Waals surface area contributed by atoms with Crippen LogP contribution in [0.5, 0.6) is 5.75 Å². The third kappa shape index (κ3) is 5.12. The number of amides is 2. The summed E-state index contributed by atoms with van der Waals surface area (Å²) in [5.74, 6) is 0.654. The van der Waals surface area contributed by atoms with Gasteiger partial charge in [0.05, 0.1) is 17.5 Å². The molecule has 0 bridgehead atoms. The van der Waals surface area contributed by atoms with Gasteiger partial charge in [0.1, 0.15) is 12.4 Å². The van der Waals surface area contributed by atoms with Crippen LogP contribution in [0.1, 0.15) is 34.1 Å². The first kappa shape index (κ1) is 21.2. The monoisotopic (exact) mass is 412 g/mol. The molecule has 2 aromatic rings. The number of carbonyl (C=O) groups excluding carboxylic acids is 2. The maximum Gasteiger partial charge on any atom is 0.237 e. The maximum atomic E-state index is 12.9. The molecule has 3 rings (SSSR count). The molecule has 0 fully saturated rings. The predicted octanol–water partition coefficient (Wildman–Crippen LogP) is 4.97. The van der Waals surface area contributed by atoms with E-state index in [1.165, 1.54) is 0 Å². The lowest BCUT2D eigenvalue weighted by molar-refractivity contribution is -0.126. The summed E-state index contributed by atoms with van der Waals surface area (Å²) in [6.45, 7) is 8.69. The zero-order chi connectivity index (χ0) is 21.0. The van der Waals surface area contributed by atoms with Crippen LogP contribution >= 0.6 is 11.8 Å². The highest BCUT2D eigenvalue weighted by atomic mass is 32.2. The van der Waals surface area contributed by atoms with Crippen LogP contribution in [0.25, 0.3) is 0 Å². The lowest BCUT2D eigenvalue weighted by Crippen LogP contribution is -2.44. The molecule has 29 heavy (non-hydrogen) atoms. The lowest BCUT2D eigenvalue weighted by atomic mass is 9.94. The molecule has 0 radical (unpaired) electrons. The standard InChI is InChI=1S/C23H28N2O3S/c1-5-20(29-17-9-7-6-8-10-17)21(26)24-16-11-12-19-18(15-16)25(13-14-28-19)22(27)23(2,3)4/h6-12,15,20H,5,13-14H2,1-4H3,(H,24,26). The van der Waals surface area contributed by atoms with E-state index in [1.54, 1.807) is 16.7 Å². The van der Waals surface area contributed by atoms with E-state index >= 15 is 0 Å². The molecule has 154 valence electrons. The van der Waals surface area contributed by atoms with Crippen LogP contribution < -0.4 is 15.0 Å². The van der Waals surface area contributed by atoms with Gasteiger partial charge < -0.3 is 15.0 Å². The first-order chi connectivity index (χ1) is 13.8. The summed E-state index contributed by atoms with van der Waals surface area (Å²) < 4.78 is 5.71. The minimum atomic E-state index is -0.493. The predicted molar refractivity (Wildman–Crippen MR) is 119 cm³/mol. The summed E-state index contributed by atoms with van der Waals surface area (Å²) in [6, 6.07) is 15.4. The van der Waals surface area contributed by atoms with Gasteiger partial charge in [-0.05, 0) is 36.8 Å². The number of rotatable bonds is 5. The molecule has 2 amide bonds. The van der Waals surface area contributed by atoms with Crippen LogP contribution in [-0.4, -0.2) is 30.2 Å². The molecule has 1 heterocycles. The largest absolute Gasteiger partial charge is 0.490 e. The number of hydrogen-bond donors (Lipinski definition) is 1. The average Bonchev–Trinajstić information content (AvgIpc) is 2.71. The van der Waals surface area contributed by atoms with Crippen LogP contribution in [0.3, 0.4) is 0 Å². The Morgan fingerprint density at radius 3 is 2.55 bits per heavy atom. The molecule has 2 aromatic carbocycles. The van der Waals surface area contributed by atoms with Gasteiger partial charge in [0.15, 0.2) is 0 Å². The summed E-state index contributed by atoms with van der Waals surface area (Å²) in [5, 5.41) is 2.81. The van der Waals surface area contributed by atoms with Crippen molar-refractivity contribution < 1.29 is 14.3 Å². The van der Waals surface area contributed by atoms with E-state index in [-0.39, 0.29) is 17.1 Å². The second kappa shape index (κ2) is 8.91. The van der Waals surface area contributed by atoms with Crippen molar-refractivity contribution in [1.82, 2.24) is 0 Å². The molecule has 6 heteroatoms. The molecule has 1 unspecified atom stereocenters. The first-order valence-electron chi connectivity index (χ1n) is 9.91. The number of thioether (sulfide) groups is 1. The zero-order valence-electron chi connectivity index (χ0n) is 17.4. The first-order valence-corrected chi connectivity index (χ1v) is 10.8. The quantitative estimate of drug-likeness (QED) is 0.705. The molecular formula is C23H28N2O3S. The fourth-order valence-corrected chi connectivity index (χ4v) is 4.10. The van der Waals surface area contributed by atoms with E-state index in [9.17, 15) is 9.59 Å². The number of benzene rings is 2. The average molecular weight is 413 g/mol. The Hall–Kier alpha value is -2.47. The van der Waals surface area contributed by atoms with Gasteiger partial charge in [0.25, 0.3) is 0 Å². The van der Waals surface area contributed by atoms with E-state index in [4.69, 9.17) is 4.74 Å². The van der Waals surface area contributed by atoms with Gasteiger partial charge >= 0.3 is 0 Å². The van der Waals surface area contributed by atoms with Crippen LogP contribution in [0.15, 0.2) is 53.4 Å². The van der Waals surface area contributed by atoms with E-state index in [0.717, 1.165) is 4.90 Å². The summed E-state index contributed by atoms with van der Waals surface area (Å²) in [6.07, 6.45) is 0.716. The molecule has 0 aliphatic carbocycles. The molecule has 1 N–H and O–H groups in total. The van der Waals surface area contributed by atoms with Crippen molar-refractivity contribution in [3.63, 3.8) is 0 Å². The minimum Gasteiger partial charge on any atom is -0.490 e. The summed E-state index contributed by atoms with van der Waals surface area (Å²) in [5.41, 5.74) is 0.879. The number of nitrogens with one attached hydrogen (secondary N) is 1. The lowest BCUT2D eigenvalue weighted by Gasteiger charge is -2.34. The van der Waals surface area contributed by atoms with Crippen molar-refractivity contribution >= 4 is 35.0 Å². The normalized spacial score (nSPS) is 14.6. The molecule has 0 saturated heterocycles. The van der Waals surface area contributed by atoms with Gasteiger partial charge in [0, 0.05) is 16.0 Å². The number of anilines is 2. The van der Waals surface area contributed by atoms with Crippen LogP contribution in [0, 0.1) is 5.41 Å². The number of ether oxygens (including phenoxy) is 1. The number of fused-ring (bicyclic) bond motifs is 1. The van der Waals surface area contributed by atoms with Crippen LogP contribution in [0.4, 0.5) is 11.4 Å². The number of hydrogen-bond acceptors (Lipinski definition) is 4. The van der Waals surface area contributed by atoms with Crippen molar-refractivity contribution in [3.05, 3.63) is 48.5 Å². The fraction of sp³-hybridized carbons (Fsp3) is 0.391. The molecule has 1 atom stereocenters. The maximum absolute atomic E-state index is 12.9. The van der Waals surface area contributed by atoms with Crippen molar-refractivity contribution in [2.45, 2.75) is 44.3 Å². The second-order valence-corrected chi connectivity index (χ2v) is 9.33. The van der Waals surface area contributed by atoms with Crippen molar-refractivity contribution in [3.8, 4) is 5.75 Å². The zero-order valence-corrected chi connectivity index (χ0v) is 18.2. The Balaban J connectivity index is 1.78. The number of carbonyl (C=O) groups is 2. The second-order valence-electron chi connectivity index (χ2n) is 8.05. The minimum absolute atomic E-state index is 0.0385. The van der Waals surface area contributed by atoms with Gasteiger partial charge in [-0.2, -0.15) is 0 Å². The highest BCUT2D eigenvalue weighted by Crippen LogP contribution is 2.37. The summed E-state index contributed by atoms with van der Waals surface area (Å²) in [4.78, 5) is 28.5. The molecule has 0 saturated carbocycles. The van der Waals surface area contributed by atoms with E-state index in [1.807, 2.05) is 76.2 Å². The highest BCUT2D eigenvalue weighted by Gasteiger charge is 2.32. The third-order valence-corrected chi connectivity index (χ3v) is 6.04. The Kier molecular flexibility index (Phi) is 6.52. The van der Waals surface area contributed by atoms with E-state index < -0.39 is 5.41 Å². The van der Waals surface area contributed by atoms with Crippen LogP contribution in [0.2, 0.25) is 0 Å².